The molecule has 0 N–H and O–H groups in total. The number of nitrogens with zero attached hydrogens (tertiary/aromatic N) is 2. The van der Waals surface area contributed by atoms with Crippen LogP contribution >= 0.6 is 0 Å². The molecule has 0 spiro atoms. The Morgan fingerprint density at radius 2 is 1.86 bits per heavy atom. The first-order valence-corrected chi connectivity index (χ1v) is 9.92. The third kappa shape index (κ3) is 4.20. The molecule has 2 aliphatic rings. The van der Waals surface area contributed by atoms with E-state index in [1.54, 1.807) is 12.3 Å². The van der Waals surface area contributed by atoms with E-state index < -0.39 is 0 Å². The van der Waals surface area contributed by atoms with Gasteiger partial charge in [0.05, 0.1) is 24.4 Å². The van der Waals surface area contributed by atoms with Crippen LogP contribution in [0.25, 0.3) is 0 Å². The molecule has 0 saturated carbocycles. The Morgan fingerprint density at radius 1 is 1.04 bits per heavy atom. The summed E-state index contributed by atoms with van der Waals surface area (Å²) in [7, 11) is 0. The number of carbonyl (C=O) groups excluding carboxylic acids is 1. The molecule has 0 amide bonds. The number of hydrogen-bond acceptors (Lipinski definition) is 5. The first-order valence-electron chi connectivity index (χ1n) is 9.92. The zero-order valence-electron chi connectivity index (χ0n) is 16.0. The number of benzene rings is 2. The van der Waals surface area contributed by atoms with E-state index in [0.717, 1.165) is 56.7 Å². The molecule has 2 aromatic rings. The van der Waals surface area contributed by atoms with Crippen molar-refractivity contribution in [1.82, 2.24) is 4.90 Å². The van der Waals surface area contributed by atoms with Crippen molar-refractivity contribution < 1.29 is 14.3 Å². The molecule has 0 aliphatic carbocycles. The SMILES string of the molecule is O=CC1C=COc2cccc(OCCCN3CCN(c4ccccc4)CC3)c21. The van der Waals surface area contributed by atoms with Crippen molar-refractivity contribution in [3.05, 3.63) is 66.4 Å². The summed E-state index contributed by atoms with van der Waals surface area (Å²) in [5.41, 5.74) is 2.14. The second-order valence-corrected chi connectivity index (χ2v) is 7.14. The lowest BCUT2D eigenvalue weighted by Gasteiger charge is -2.36. The molecule has 0 bridgehead atoms. The van der Waals surface area contributed by atoms with E-state index in [1.807, 2.05) is 18.2 Å². The van der Waals surface area contributed by atoms with E-state index in [4.69, 9.17) is 9.47 Å². The average molecular weight is 378 g/mol. The maximum Gasteiger partial charge on any atom is 0.134 e. The van der Waals surface area contributed by atoms with Gasteiger partial charge >= 0.3 is 0 Å². The minimum absolute atomic E-state index is 0.300. The summed E-state index contributed by atoms with van der Waals surface area (Å²) < 4.78 is 11.5. The molecule has 2 aromatic carbocycles. The lowest BCUT2D eigenvalue weighted by atomic mass is 9.97. The molecule has 1 atom stereocenters. The van der Waals surface area contributed by atoms with Crippen molar-refractivity contribution >= 4 is 12.0 Å². The van der Waals surface area contributed by atoms with Gasteiger partial charge in [-0.1, -0.05) is 24.3 Å². The molecular formula is C23H26N2O3. The van der Waals surface area contributed by atoms with Gasteiger partial charge in [-0.3, -0.25) is 4.90 Å². The third-order valence-electron chi connectivity index (χ3n) is 5.36. The van der Waals surface area contributed by atoms with Crippen LogP contribution in [0.4, 0.5) is 5.69 Å². The predicted octanol–water partition coefficient (Wildman–Crippen LogP) is 3.47. The Labute approximate surface area is 166 Å². The van der Waals surface area contributed by atoms with Crippen molar-refractivity contribution in [2.75, 3.05) is 44.2 Å². The summed E-state index contributed by atoms with van der Waals surface area (Å²) in [5, 5.41) is 0. The molecule has 1 saturated heterocycles. The molecule has 2 heterocycles. The van der Waals surface area contributed by atoms with Gasteiger partial charge in [0.25, 0.3) is 0 Å². The molecule has 1 fully saturated rings. The smallest absolute Gasteiger partial charge is 0.134 e. The number of para-hydroxylation sites is 1. The van der Waals surface area contributed by atoms with Crippen LogP contribution in [0.3, 0.4) is 0 Å². The van der Waals surface area contributed by atoms with Gasteiger partial charge in [-0.25, -0.2) is 0 Å². The van der Waals surface area contributed by atoms with Crippen LogP contribution in [-0.2, 0) is 4.79 Å². The predicted molar refractivity (Wildman–Crippen MR) is 110 cm³/mol. The van der Waals surface area contributed by atoms with Crippen LogP contribution in [0.5, 0.6) is 11.5 Å². The number of anilines is 1. The van der Waals surface area contributed by atoms with Crippen molar-refractivity contribution in [2.24, 2.45) is 0 Å². The molecule has 0 radical (unpaired) electrons. The number of allylic oxidation sites excluding steroid dienone is 1. The average Bonchev–Trinajstić information content (AvgIpc) is 2.77. The minimum atomic E-state index is -0.300. The molecule has 5 heteroatoms. The molecule has 4 rings (SSSR count). The van der Waals surface area contributed by atoms with Gasteiger partial charge in [0.1, 0.15) is 17.8 Å². The molecule has 0 aromatic heterocycles. The van der Waals surface area contributed by atoms with Crippen molar-refractivity contribution in [3.8, 4) is 11.5 Å². The summed E-state index contributed by atoms with van der Waals surface area (Å²) in [5.74, 6) is 1.15. The number of hydrogen-bond donors (Lipinski definition) is 0. The largest absolute Gasteiger partial charge is 0.493 e. The highest BCUT2D eigenvalue weighted by molar-refractivity contribution is 5.71. The number of rotatable bonds is 7. The Balaban J connectivity index is 1.24. The summed E-state index contributed by atoms with van der Waals surface area (Å²) in [6.07, 6.45) is 5.21. The normalized spacial score (nSPS) is 19.0. The van der Waals surface area contributed by atoms with Gasteiger partial charge in [0.2, 0.25) is 0 Å². The number of ether oxygens (including phenoxy) is 2. The van der Waals surface area contributed by atoms with Crippen LogP contribution in [-0.4, -0.2) is 50.5 Å². The fourth-order valence-corrected chi connectivity index (χ4v) is 3.83. The number of aldehydes is 1. The van der Waals surface area contributed by atoms with Gasteiger partial charge < -0.3 is 19.2 Å². The summed E-state index contributed by atoms with van der Waals surface area (Å²) >= 11 is 0. The Kier molecular flexibility index (Phi) is 5.92. The zero-order valence-corrected chi connectivity index (χ0v) is 16.0. The summed E-state index contributed by atoms with van der Waals surface area (Å²) in [6, 6.07) is 16.3. The first-order chi connectivity index (χ1) is 13.8. The van der Waals surface area contributed by atoms with Crippen molar-refractivity contribution in [1.29, 1.82) is 0 Å². The molecule has 146 valence electrons. The highest BCUT2D eigenvalue weighted by atomic mass is 16.5. The molecule has 2 aliphatic heterocycles. The van der Waals surface area contributed by atoms with E-state index in [2.05, 4.69) is 40.1 Å². The molecule has 5 nitrogen and oxygen atoms in total. The lowest BCUT2D eigenvalue weighted by Crippen LogP contribution is -2.46. The molecule has 1 unspecified atom stereocenters. The maximum absolute atomic E-state index is 11.4. The fraction of sp³-hybridized carbons (Fsp3) is 0.348. The maximum atomic E-state index is 11.4. The number of fused-ring (bicyclic) bond motifs is 1. The Hall–Kier alpha value is -2.79. The quantitative estimate of drug-likeness (QED) is 0.545. The van der Waals surface area contributed by atoms with E-state index in [0.29, 0.717) is 12.4 Å². The van der Waals surface area contributed by atoms with Crippen molar-refractivity contribution in [2.45, 2.75) is 12.3 Å². The van der Waals surface area contributed by atoms with E-state index in [9.17, 15) is 4.79 Å². The monoisotopic (exact) mass is 378 g/mol. The Morgan fingerprint density at radius 3 is 2.64 bits per heavy atom. The van der Waals surface area contributed by atoms with Crippen molar-refractivity contribution in [3.63, 3.8) is 0 Å². The number of piperazine rings is 1. The van der Waals surface area contributed by atoms with E-state index in [-0.39, 0.29) is 5.92 Å². The van der Waals surface area contributed by atoms with Gasteiger partial charge in [0.15, 0.2) is 0 Å². The van der Waals surface area contributed by atoms with Gasteiger partial charge in [-0.2, -0.15) is 0 Å². The molecule has 28 heavy (non-hydrogen) atoms. The van der Waals surface area contributed by atoms with Crippen LogP contribution in [0, 0.1) is 0 Å². The Bertz CT molecular complexity index is 814. The second-order valence-electron chi connectivity index (χ2n) is 7.14. The van der Waals surface area contributed by atoms with Crippen LogP contribution in [0.15, 0.2) is 60.9 Å². The fourth-order valence-electron chi connectivity index (χ4n) is 3.83. The van der Waals surface area contributed by atoms with Gasteiger partial charge in [-0.05, 0) is 36.8 Å². The topological polar surface area (TPSA) is 42.0 Å². The number of carbonyl (C=O) groups is 1. The lowest BCUT2D eigenvalue weighted by molar-refractivity contribution is -0.108. The van der Waals surface area contributed by atoms with E-state index in [1.165, 1.54) is 5.69 Å². The van der Waals surface area contributed by atoms with Crippen LogP contribution < -0.4 is 14.4 Å². The zero-order chi connectivity index (χ0) is 19.2. The van der Waals surface area contributed by atoms with Gasteiger partial charge in [0, 0.05) is 38.4 Å². The molecular weight excluding hydrogens is 352 g/mol. The van der Waals surface area contributed by atoms with Crippen LogP contribution in [0.1, 0.15) is 17.9 Å². The van der Waals surface area contributed by atoms with E-state index >= 15 is 0 Å². The summed E-state index contributed by atoms with van der Waals surface area (Å²) in [4.78, 5) is 16.3. The summed E-state index contributed by atoms with van der Waals surface area (Å²) in [6.45, 7) is 5.91. The third-order valence-corrected chi connectivity index (χ3v) is 5.36. The standard InChI is InChI=1S/C23H26N2O3/c26-18-19-10-17-28-22-9-4-8-21(23(19)22)27-16-5-11-24-12-14-25(15-13-24)20-6-2-1-3-7-20/h1-4,6-10,17-19H,5,11-16H2. The van der Waals surface area contributed by atoms with Crippen LogP contribution in [0.2, 0.25) is 0 Å². The second kappa shape index (κ2) is 8.93. The first kappa shape index (κ1) is 18.6. The highest BCUT2D eigenvalue weighted by Gasteiger charge is 2.22. The van der Waals surface area contributed by atoms with Gasteiger partial charge in [-0.15, -0.1) is 0 Å². The minimum Gasteiger partial charge on any atom is -0.493 e. The highest BCUT2D eigenvalue weighted by Crippen LogP contribution is 2.37.